The van der Waals surface area contributed by atoms with Crippen molar-refractivity contribution in [3.63, 3.8) is 0 Å². The molecular weight excluding hydrogens is 382 g/mol. The average molecular weight is 414 g/mol. The Morgan fingerprint density at radius 3 is 2.54 bits per heavy atom. The molecule has 0 radical (unpaired) electrons. The number of hydrogen-bond donors (Lipinski definition) is 1. The van der Waals surface area contributed by atoms with E-state index in [0.29, 0.717) is 36.6 Å². The summed E-state index contributed by atoms with van der Waals surface area (Å²) < 4.78 is 30.5. The monoisotopic (exact) mass is 413 g/mol. The van der Waals surface area contributed by atoms with Gasteiger partial charge in [-0.2, -0.15) is 0 Å². The number of carbonyl (C=O) groups excluding carboxylic acids is 2. The molecule has 0 aromatic rings. The highest BCUT2D eigenvalue weighted by Crippen LogP contribution is 2.41. The van der Waals surface area contributed by atoms with E-state index in [1.54, 1.807) is 6.92 Å². The Bertz CT molecular complexity index is 768. The molecule has 0 aromatic carbocycles. The molecule has 8 nitrogen and oxygen atoms in total. The molecule has 0 aliphatic carbocycles. The van der Waals surface area contributed by atoms with Crippen LogP contribution in [-0.2, 0) is 24.3 Å². The van der Waals surface area contributed by atoms with Gasteiger partial charge < -0.3 is 10.1 Å². The SMILES string of the molecule is CC1=C(C(=O)NCCN2CCCC[C@H]2C)C2(CCN(S(C)(=O)=O)CC2)OC1=O. The van der Waals surface area contributed by atoms with Crippen LogP contribution in [0.3, 0.4) is 0 Å². The van der Waals surface area contributed by atoms with Gasteiger partial charge in [-0.05, 0) is 33.2 Å². The van der Waals surface area contributed by atoms with E-state index in [2.05, 4.69) is 17.1 Å². The number of likely N-dealkylation sites (tertiary alicyclic amines) is 1. The van der Waals surface area contributed by atoms with Gasteiger partial charge in [0.25, 0.3) is 5.91 Å². The summed E-state index contributed by atoms with van der Waals surface area (Å²) in [5.41, 5.74) is -0.306. The smallest absolute Gasteiger partial charge is 0.335 e. The number of carbonyl (C=O) groups is 2. The van der Waals surface area contributed by atoms with E-state index in [9.17, 15) is 18.0 Å². The Morgan fingerprint density at radius 2 is 1.93 bits per heavy atom. The van der Waals surface area contributed by atoms with Gasteiger partial charge in [-0.15, -0.1) is 0 Å². The van der Waals surface area contributed by atoms with Crippen molar-refractivity contribution in [3.8, 4) is 0 Å². The normalized spacial score (nSPS) is 26.5. The molecule has 1 amide bonds. The molecule has 0 bridgehead atoms. The lowest BCUT2D eigenvalue weighted by Crippen LogP contribution is -2.50. The minimum Gasteiger partial charge on any atom is -0.450 e. The number of rotatable bonds is 5. The minimum absolute atomic E-state index is 0.238. The first-order valence-electron chi connectivity index (χ1n) is 10.1. The molecule has 3 aliphatic heterocycles. The third kappa shape index (κ3) is 4.26. The Hall–Kier alpha value is -1.45. The van der Waals surface area contributed by atoms with E-state index in [-0.39, 0.29) is 19.0 Å². The summed E-state index contributed by atoms with van der Waals surface area (Å²) in [5, 5.41) is 2.95. The first-order chi connectivity index (χ1) is 13.1. The Kier molecular flexibility index (Phi) is 6.17. The highest BCUT2D eigenvalue weighted by molar-refractivity contribution is 7.88. The van der Waals surface area contributed by atoms with Crippen LogP contribution in [0.15, 0.2) is 11.1 Å². The fraction of sp³-hybridized carbons (Fsp3) is 0.789. The molecule has 3 heterocycles. The average Bonchev–Trinajstić information content (AvgIpc) is 2.86. The lowest BCUT2D eigenvalue weighted by Gasteiger charge is -2.38. The Labute approximate surface area is 167 Å². The van der Waals surface area contributed by atoms with Crippen molar-refractivity contribution >= 4 is 21.9 Å². The van der Waals surface area contributed by atoms with E-state index < -0.39 is 21.6 Å². The molecule has 1 atom stereocenters. The van der Waals surface area contributed by atoms with Gasteiger partial charge in [-0.25, -0.2) is 17.5 Å². The highest BCUT2D eigenvalue weighted by atomic mass is 32.2. The van der Waals surface area contributed by atoms with Crippen molar-refractivity contribution in [2.45, 2.75) is 57.6 Å². The number of nitrogens with zero attached hydrogens (tertiary/aromatic N) is 2. The van der Waals surface area contributed by atoms with E-state index >= 15 is 0 Å². The molecule has 1 spiro atoms. The van der Waals surface area contributed by atoms with Crippen molar-refractivity contribution in [1.29, 1.82) is 0 Å². The van der Waals surface area contributed by atoms with Gasteiger partial charge in [0.05, 0.1) is 11.8 Å². The van der Waals surface area contributed by atoms with Crippen LogP contribution in [-0.4, -0.2) is 80.1 Å². The zero-order valence-corrected chi connectivity index (χ0v) is 17.8. The topological polar surface area (TPSA) is 96.0 Å². The summed E-state index contributed by atoms with van der Waals surface area (Å²) in [4.78, 5) is 27.5. The summed E-state index contributed by atoms with van der Waals surface area (Å²) in [5.74, 6) is -0.761. The predicted molar refractivity (Wildman–Crippen MR) is 105 cm³/mol. The van der Waals surface area contributed by atoms with Crippen LogP contribution in [0.25, 0.3) is 0 Å². The maximum absolute atomic E-state index is 12.9. The number of nitrogens with one attached hydrogen (secondary N) is 1. The largest absolute Gasteiger partial charge is 0.450 e. The standard InChI is InChI=1S/C19H31N3O5S/c1-14-6-4-5-10-21(14)13-9-20-17(23)16-15(2)18(24)27-19(16)7-11-22(12-8-19)28(3,25)26/h14H,4-13H2,1-3H3,(H,20,23)/t14-/m1/s1. The molecule has 1 N–H and O–H groups in total. The summed E-state index contributed by atoms with van der Waals surface area (Å²) in [6.07, 6.45) is 5.39. The molecule has 2 saturated heterocycles. The molecule has 158 valence electrons. The molecule has 2 fully saturated rings. The maximum Gasteiger partial charge on any atom is 0.335 e. The van der Waals surface area contributed by atoms with Gasteiger partial charge in [-0.1, -0.05) is 6.42 Å². The number of sulfonamides is 1. The van der Waals surface area contributed by atoms with Gasteiger partial charge in [-0.3, -0.25) is 9.69 Å². The van der Waals surface area contributed by atoms with Crippen LogP contribution in [0.1, 0.15) is 46.0 Å². The molecule has 3 rings (SSSR count). The zero-order valence-electron chi connectivity index (χ0n) is 17.0. The van der Waals surface area contributed by atoms with Gasteiger partial charge in [0.1, 0.15) is 5.60 Å². The summed E-state index contributed by atoms with van der Waals surface area (Å²) >= 11 is 0. The number of amides is 1. The quantitative estimate of drug-likeness (QED) is 0.665. The lowest BCUT2D eigenvalue weighted by molar-refractivity contribution is -0.150. The van der Waals surface area contributed by atoms with Crippen LogP contribution < -0.4 is 5.32 Å². The number of hydrogen-bond acceptors (Lipinski definition) is 6. The maximum atomic E-state index is 12.9. The van der Waals surface area contributed by atoms with Crippen molar-refractivity contribution in [1.82, 2.24) is 14.5 Å². The van der Waals surface area contributed by atoms with Crippen molar-refractivity contribution in [2.75, 3.05) is 39.0 Å². The number of ether oxygens (including phenoxy) is 1. The van der Waals surface area contributed by atoms with Crippen LogP contribution in [0.2, 0.25) is 0 Å². The van der Waals surface area contributed by atoms with Gasteiger partial charge in [0.15, 0.2) is 0 Å². The van der Waals surface area contributed by atoms with Gasteiger partial charge in [0, 0.05) is 50.6 Å². The second kappa shape index (κ2) is 8.12. The Morgan fingerprint density at radius 1 is 1.25 bits per heavy atom. The summed E-state index contributed by atoms with van der Waals surface area (Å²) in [6.45, 7) is 6.64. The van der Waals surface area contributed by atoms with E-state index in [0.717, 1.165) is 13.1 Å². The van der Waals surface area contributed by atoms with Crippen LogP contribution in [0.5, 0.6) is 0 Å². The lowest BCUT2D eigenvalue weighted by atomic mass is 9.83. The molecule has 0 aromatic heterocycles. The third-order valence-corrected chi connectivity index (χ3v) is 7.58. The van der Waals surface area contributed by atoms with Crippen molar-refractivity contribution in [2.24, 2.45) is 0 Å². The molecule has 0 saturated carbocycles. The highest BCUT2D eigenvalue weighted by Gasteiger charge is 2.51. The molecule has 9 heteroatoms. The van der Waals surface area contributed by atoms with E-state index in [1.807, 2.05) is 0 Å². The molecule has 28 heavy (non-hydrogen) atoms. The predicted octanol–water partition coefficient (Wildman–Crippen LogP) is 0.645. The van der Waals surface area contributed by atoms with Crippen molar-refractivity contribution < 1.29 is 22.7 Å². The minimum atomic E-state index is -3.30. The molecular formula is C19H31N3O5S. The third-order valence-electron chi connectivity index (χ3n) is 6.28. The van der Waals surface area contributed by atoms with Gasteiger partial charge >= 0.3 is 5.97 Å². The molecule has 3 aliphatic rings. The fourth-order valence-corrected chi connectivity index (χ4v) is 5.39. The van der Waals surface area contributed by atoms with Crippen LogP contribution in [0.4, 0.5) is 0 Å². The van der Waals surface area contributed by atoms with Crippen LogP contribution in [0, 0.1) is 0 Å². The van der Waals surface area contributed by atoms with Crippen molar-refractivity contribution in [3.05, 3.63) is 11.1 Å². The second-order valence-corrected chi connectivity index (χ2v) is 10.2. The first-order valence-corrected chi connectivity index (χ1v) is 11.9. The fourth-order valence-electron chi connectivity index (χ4n) is 4.55. The summed E-state index contributed by atoms with van der Waals surface area (Å²) in [7, 11) is -3.30. The van der Waals surface area contributed by atoms with Gasteiger partial charge in [0.2, 0.25) is 10.0 Å². The molecule has 0 unspecified atom stereocenters. The zero-order chi connectivity index (χ0) is 20.5. The van der Waals surface area contributed by atoms with Crippen LogP contribution >= 0.6 is 0 Å². The summed E-state index contributed by atoms with van der Waals surface area (Å²) in [6, 6.07) is 0.523. The van der Waals surface area contributed by atoms with E-state index in [1.165, 1.54) is 29.8 Å². The van der Waals surface area contributed by atoms with E-state index in [4.69, 9.17) is 4.74 Å². The number of piperidine rings is 2. The number of esters is 1. The first kappa shape index (κ1) is 21.3. The second-order valence-electron chi connectivity index (χ2n) is 8.18. The Balaban J connectivity index is 1.64.